The average molecular weight is 527 g/mol. The van der Waals surface area contributed by atoms with E-state index in [0.29, 0.717) is 29.3 Å². The molecule has 5 atom stereocenters. The topological polar surface area (TPSA) is 40.5 Å². The van der Waals surface area contributed by atoms with Crippen molar-refractivity contribution < 1.29 is 10.2 Å². The molecule has 0 spiro atoms. The van der Waals surface area contributed by atoms with Crippen LogP contribution in [-0.2, 0) is 10.8 Å². The zero-order chi connectivity index (χ0) is 26.9. The highest BCUT2D eigenvalue weighted by atomic mass is 16.3. The Bertz CT molecular complexity index is 1250. The lowest BCUT2D eigenvalue weighted by atomic mass is 9.38. The van der Waals surface area contributed by atoms with Gasteiger partial charge >= 0.3 is 0 Å². The zero-order valence-corrected chi connectivity index (χ0v) is 24.7. The molecule has 2 heteroatoms. The number of aryl methyl sites for hydroxylation is 2. The lowest BCUT2D eigenvalue weighted by Crippen LogP contribution is -2.60. The molecule has 4 bridgehead atoms. The number of rotatable bonds is 4. The Morgan fingerprint density at radius 1 is 0.667 bits per heavy atom. The molecular weight excluding hydrogens is 476 g/mol. The van der Waals surface area contributed by atoms with Gasteiger partial charge < -0.3 is 10.2 Å². The van der Waals surface area contributed by atoms with E-state index < -0.39 is 0 Å². The molecule has 210 valence electrons. The first kappa shape index (κ1) is 26.0. The summed E-state index contributed by atoms with van der Waals surface area (Å²) < 4.78 is 0. The Labute approximate surface area is 236 Å². The minimum Gasteiger partial charge on any atom is -0.508 e. The van der Waals surface area contributed by atoms with Gasteiger partial charge in [-0.2, -0.15) is 0 Å². The smallest absolute Gasteiger partial charge is 0.119 e. The van der Waals surface area contributed by atoms with E-state index in [4.69, 9.17) is 0 Å². The molecule has 39 heavy (non-hydrogen) atoms. The number of phenols is 2. The quantitative estimate of drug-likeness (QED) is 0.416. The monoisotopic (exact) mass is 526 g/mol. The summed E-state index contributed by atoms with van der Waals surface area (Å²) in [4.78, 5) is 0. The van der Waals surface area contributed by atoms with Gasteiger partial charge in [0.05, 0.1) is 0 Å². The van der Waals surface area contributed by atoms with Crippen LogP contribution in [0.2, 0.25) is 0 Å². The van der Waals surface area contributed by atoms with Crippen LogP contribution < -0.4 is 0 Å². The molecule has 8 rings (SSSR count). The van der Waals surface area contributed by atoms with Gasteiger partial charge in [0.2, 0.25) is 0 Å². The third-order valence-corrected chi connectivity index (χ3v) is 12.8. The number of aromatic hydroxyl groups is 2. The fourth-order valence-electron chi connectivity index (χ4n) is 11.2. The Kier molecular flexibility index (Phi) is 6.37. The minimum atomic E-state index is 0.195. The van der Waals surface area contributed by atoms with Gasteiger partial charge in [-0.25, -0.2) is 0 Å². The van der Waals surface area contributed by atoms with Gasteiger partial charge in [-0.15, -0.1) is 0 Å². The molecule has 0 heterocycles. The van der Waals surface area contributed by atoms with E-state index >= 15 is 0 Å². The molecule has 0 aliphatic heterocycles. The molecule has 0 amide bonds. The van der Waals surface area contributed by atoms with E-state index in [2.05, 4.69) is 45.0 Å². The van der Waals surface area contributed by atoms with Crippen LogP contribution in [-0.4, -0.2) is 10.2 Å². The van der Waals surface area contributed by atoms with Gasteiger partial charge in [0.25, 0.3) is 0 Å². The van der Waals surface area contributed by atoms with E-state index in [1.807, 2.05) is 0 Å². The third-order valence-electron chi connectivity index (χ3n) is 12.8. The lowest BCUT2D eigenvalue weighted by molar-refractivity contribution is -0.0731. The number of hydrogen-bond acceptors (Lipinski definition) is 2. The highest BCUT2D eigenvalue weighted by Gasteiger charge is 2.62. The normalized spacial score (nSPS) is 35.0. The van der Waals surface area contributed by atoms with E-state index in [-0.39, 0.29) is 10.8 Å². The molecule has 2 N–H and O–H groups in total. The second kappa shape index (κ2) is 9.56. The van der Waals surface area contributed by atoms with Crippen LogP contribution in [0.25, 0.3) is 0 Å². The molecule has 2 nitrogen and oxygen atoms in total. The third kappa shape index (κ3) is 4.09. The summed E-state index contributed by atoms with van der Waals surface area (Å²) in [5, 5.41) is 22.3. The largest absolute Gasteiger partial charge is 0.508 e. The first-order valence-electron chi connectivity index (χ1n) is 16.5. The molecule has 0 aromatic heterocycles. The van der Waals surface area contributed by atoms with Crippen molar-refractivity contribution in [2.75, 3.05) is 0 Å². The first-order valence-corrected chi connectivity index (χ1v) is 16.5. The Balaban J connectivity index is 1.33. The van der Waals surface area contributed by atoms with Gasteiger partial charge in [0, 0.05) is 0 Å². The van der Waals surface area contributed by atoms with E-state index in [1.54, 1.807) is 11.1 Å². The predicted octanol–water partition coefficient (Wildman–Crippen LogP) is 9.85. The second-order valence-electron chi connectivity index (χ2n) is 15.0. The van der Waals surface area contributed by atoms with Gasteiger partial charge in [0.1, 0.15) is 11.5 Å². The van der Waals surface area contributed by atoms with Gasteiger partial charge in [0.15, 0.2) is 0 Å². The first-order chi connectivity index (χ1) is 18.8. The number of hydrogen-bond donors (Lipinski definition) is 2. The molecule has 6 aliphatic rings. The molecular formula is C37H50O2. The molecule has 0 saturated heterocycles. The van der Waals surface area contributed by atoms with Crippen molar-refractivity contribution in [2.45, 2.75) is 140 Å². The van der Waals surface area contributed by atoms with Crippen molar-refractivity contribution in [3.63, 3.8) is 0 Å². The Morgan fingerprint density at radius 3 is 1.79 bits per heavy atom. The fourth-order valence-corrected chi connectivity index (χ4v) is 11.2. The van der Waals surface area contributed by atoms with Crippen molar-refractivity contribution in [1.29, 1.82) is 0 Å². The van der Waals surface area contributed by atoms with Gasteiger partial charge in [-0.3, -0.25) is 0 Å². The summed E-state index contributed by atoms with van der Waals surface area (Å²) in [5.74, 6) is 4.37. The Hall–Kier alpha value is -1.96. The van der Waals surface area contributed by atoms with Crippen molar-refractivity contribution >= 4 is 0 Å². The van der Waals surface area contributed by atoms with Crippen LogP contribution in [0.3, 0.4) is 0 Å². The summed E-state index contributed by atoms with van der Waals surface area (Å²) in [7, 11) is 0. The SMILES string of the molecule is Cc1cc(O)c(C2CCCCC2)cc1C12CC3CC(C1)C(C)C(c1cc(C4CCCCC4)c(O)cc1C)(C3)C2. The minimum absolute atomic E-state index is 0.195. The zero-order valence-electron chi connectivity index (χ0n) is 24.7. The maximum Gasteiger partial charge on any atom is 0.119 e. The van der Waals surface area contributed by atoms with E-state index in [9.17, 15) is 10.2 Å². The summed E-state index contributed by atoms with van der Waals surface area (Å²) >= 11 is 0. The molecule has 6 aliphatic carbocycles. The van der Waals surface area contributed by atoms with Crippen molar-refractivity contribution in [2.24, 2.45) is 17.8 Å². The van der Waals surface area contributed by atoms with Gasteiger partial charge in [-0.05, 0) is 158 Å². The Morgan fingerprint density at radius 2 is 1.21 bits per heavy atom. The predicted molar refractivity (Wildman–Crippen MR) is 160 cm³/mol. The number of benzene rings is 2. The van der Waals surface area contributed by atoms with Crippen LogP contribution in [0.15, 0.2) is 24.3 Å². The molecule has 6 saturated carbocycles. The number of phenolic OH excluding ortho intramolecular Hbond substituents is 2. The van der Waals surface area contributed by atoms with Crippen molar-refractivity contribution in [1.82, 2.24) is 0 Å². The highest BCUT2D eigenvalue weighted by molar-refractivity contribution is 5.52. The highest BCUT2D eigenvalue weighted by Crippen LogP contribution is 2.69. The summed E-state index contributed by atoms with van der Waals surface area (Å²) in [6.07, 6.45) is 19.4. The van der Waals surface area contributed by atoms with Crippen LogP contribution in [0, 0.1) is 31.6 Å². The van der Waals surface area contributed by atoms with Crippen molar-refractivity contribution in [3.8, 4) is 11.5 Å². The maximum absolute atomic E-state index is 11.1. The van der Waals surface area contributed by atoms with Crippen LogP contribution >= 0.6 is 0 Å². The summed E-state index contributed by atoms with van der Waals surface area (Å²) in [5.41, 5.74) is 8.64. The molecule has 0 radical (unpaired) electrons. The summed E-state index contributed by atoms with van der Waals surface area (Å²) in [6, 6.07) is 9.27. The van der Waals surface area contributed by atoms with E-state index in [0.717, 1.165) is 11.8 Å². The van der Waals surface area contributed by atoms with Gasteiger partial charge in [-0.1, -0.05) is 57.6 Å². The molecule has 2 aromatic rings. The lowest BCUT2D eigenvalue weighted by Gasteiger charge is -2.66. The van der Waals surface area contributed by atoms with Crippen molar-refractivity contribution in [3.05, 3.63) is 57.6 Å². The van der Waals surface area contributed by atoms with Crippen LogP contribution in [0.4, 0.5) is 0 Å². The average Bonchev–Trinajstić information content (AvgIpc) is 2.92. The maximum atomic E-state index is 11.1. The summed E-state index contributed by atoms with van der Waals surface area (Å²) in [6.45, 7) is 7.10. The van der Waals surface area contributed by atoms with Crippen LogP contribution in [0.5, 0.6) is 11.5 Å². The molecule has 6 fully saturated rings. The molecule has 5 unspecified atom stereocenters. The standard InChI is InChI=1S/C37H50O2/c1-23-14-34(38)30(27-10-6-4-7-11-27)17-32(23)36-19-26-16-29(21-36)25(3)37(20-26,22-36)33-18-31(35(39)15-24(33)2)28-12-8-5-9-13-28/h14-15,17-18,25-29,38-39H,4-13,16,19-22H2,1-3H3. The molecule has 2 aromatic carbocycles. The fraction of sp³-hybridized carbons (Fsp3) is 0.676. The van der Waals surface area contributed by atoms with Crippen LogP contribution in [0.1, 0.15) is 148 Å². The van der Waals surface area contributed by atoms with E-state index in [1.165, 1.54) is 119 Å². The second-order valence-corrected chi connectivity index (χ2v) is 15.0.